The van der Waals surface area contributed by atoms with E-state index >= 15 is 0 Å². The summed E-state index contributed by atoms with van der Waals surface area (Å²) in [5.74, 6) is 0.358. The summed E-state index contributed by atoms with van der Waals surface area (Å²) in [6, 6.07) is 3.42. The molecule has 20 heavy (non-hydrogen) atoms. The van der Waals surface area contributed by atoms with Crippen LogP contribution in [-0.2, 0) is 9.47 Å². The van der Waals surface area contributed by atoms with Crippen molar-refractivity contribution >= 4 is 22.8 Å². The van der Waals surface area contributed by atoms with Gasteiger partial charge in [0, 0.05) is 13.2 Å². The smallest absolute Gasteiger partial charge is 0.234 e. The lowest BCUT2D eigenvalue weighted by atomic mass is 10.4. The molecular weight excluding hydrogens is 282 g/mol. The average molecular weight is 298 g/mol. The maximum absolute atomic E-state index is 5.82. The Hall–Kier alpha value is -1.50. The van der Waals surface area contributed by atoms with Crippen molar-refractivity contribution in [1.29, 1.82) is 0 Å². The molecular formula is C13H16ClN3O3. The van der Waals surface area contributed by atoms with Crippen LogP contribution in [0, 0.1) is 0 Å². The molecule has 2 aromatic rings. The first-order valence-electron chi connectivity index (χ1n) is 6.38. The Balaban J connectivity index is 2.05. The molecule has 0 spiro atoms. The van der Waals surface area contributed by atoms with E-state index in [9.17, 15) is 0 Å². The van der Waals surface area contributed by atoms with Crippen LogP contribution in [0.3, 0.4) is 0 Å². The number of hydrogen-bond acceptors (Lipinski definition) is 6. The van der Waals surface area contributed by atoms with Crippen molar-refractivity contribution in [3.63, 3.8) is 0 Å². The number of ether oxygens (including phenoxy) is 3. The Kier molecular flexibility index (Phi) is 5.46. The molecule has 108 valence electrons. The van der Waals surface area contributed by atoms with Gasteiger partial charge in [0.05, 0.1) is 6.20 Å². The summed E-state index contributed by atoms with van der Waals surface area (Å²) in [5, 5.41) is 0.366. The fourth-order valence-electron chi connectivity index (χ4n) is 1.60. The molecule has 0 saturated heterocycles. The highest BCUT2D eigenvalue weighted by Crippen LogP contribution is 2.15. The van der Waals surface area contributed by atoms with Gasteiger partial charge in [-0.2, -0.15) is 4.98 Å². The second-order valence-corrected chi connectivity index (χ2v) is 4.22. The van der Waals surface area contributed by atoms with Gasteiger partial charge >= 0.3 is 0 Å². The van der Waals surface area contributed by atoms with Crippen LogP contribution in [-0.4, -0.2) is 41.1 Å². The van der Waals surface area contributed by atoms with E-state index < -0.39 is 6.29 Å². The zero-order valence-electron chi connectivity index (χ0n) is 11.4. The Labute approximate surface area is 122 Å². The first-order chi connectivity index (χ1) is 9.72. The van der Waals surface area contributed by atoms with E-state index in [0.29, 0.717) is 35.4 Å². The lowest BCUT2D eigenvalue weighted by molar-refractivity contribution is -0.152. The van der Waals surface area contributed by atoms with Crippen LogP contribution in [0.25, 0.3) is 11.2 Å². The van der Waals surface area contributed by atoms with Crippen LogP contribution in [0.1, 0.15) is 13.8 Å². The van der Waals surface area contributed by atoms with Crippen LogP contribution in [0.15, 0.2) is 18.3 Å². The fourth-order valence-corrected chi connectivity index (χ4v) is 1.74. The number of nitrogens with zero attached hydrogens (tertiary/aromatic N) is 3. The minimum Gasteiger partial charge on any atom is -0.471 e. The number of halogens is 1. The Morgan fingerprint density at radius 1 is 1.15 bits per heavy atom. The molecule has 6 nitrogen and oxygen atoms in total. The summed E-state index contributed by atoms with van der Waals surface area (Å²) in [4.78, 5) is 12.5. The van der Waals surface area contributed by atoms with Gasteiger partial charge in [0.2, 0.25) is 5.88 Å². The van der Waals surface area contributed by atoms with E-state index in [4.69, 9.17) is 25.8 Å². The van der Waals surface area contributed by atoms with Crippen LogP contribution in [0.2, 0.25) is 5.15 Å². The monoisotopic (exact) mass is 297 g/mol. The van der Waals surface area contributed by atoms with E-state index in [1.807, 2.05) is 13.8 Å². The maximum Gasteiger partial charge on any atom is 0.234 e. The van der Waals surface area contributed by atoms with Gasteiger partial charge in [-0.25, -0.2) is 9.97 Å². The third kappa shape index (κ3) is 4.00. The molecule has 2 rings (SSSR count). The third-order valence-electron chi connectivity index (χ3n) is 2.42. The number of pyridine rings is 1. The zero-order valence-corrected chi connectivity index (χ0v) is 12.1. The van der Waals surface area contributed by atoms with Crippen LogP contribution in [0.4, 0.5) is 0 Å². The zero-order chi connectivity index (χ0) is 14.4. The molecule has 0 bridgehead atoms. The lowest BCUT2D eigenvalue weighted by Gasteiger charge is -2.16. The van der Waals surface area contributed by atoms with Gasteiger partial charge in [0.1, 0.15) is 17.3 Å². The molecule has 7 heteroatoms. The predicted molar refractivity (Wildman–Crippen MR) is 74.9 cm³/mol. The van der Waals surface area contributed by atoms with Crippen molar-refractivity contribution in [2.75, 3.05) is 19.8 Å². The number of fused-ring (bicyclic) bond motifs is 1. The molecule has 0 atom stereocenters. The van der Waals surface area contributed by atoms with Gasteiger partial charge in [0.15, 0.2) is 11.9 Å². The van der Waals surface area contributed by atoms with Crippen molar-refractivity contribution in [3.8, 4) is 5.88 Å². The largest absolute Gasteiger partial charge is 0.471 e. The topological polar surface area (TPSA) is 66.4 Å². The van der Waals surface area contributed by atoms with Gasteiger partial charge in [-0.05, 0) is 26.0 Å². The predicted octanol–water partition coefficient (Wildman–Crippen LogP) is 2.46. The first kappa shape index (κ1) is 14.9. The average Bonchev–Trinajstić information content (AvgIpc) is 2.44. The van der Waals surface area contributed by atoms with Crippen molar-refractivity contribution < 1.29 is 14.2 Å². The summed E-state index contributed by atoms with van der Waals surface area (Å²) in [5.41, 5.74) is 1.10. The minimum absolute atomic E-state index is 0.239. The van der Waals surface area contributed by atoms with E-state index in [2.05, 4.69) is 15.0 Å². The number of aromatic nitrogens is 3. The lowest BCUT2D eigenvalue weighted by Crippen LogP contribution is -2.25. The second-order valence-electron chi connectivity index (χ2n) is 3.84. The van der Waals surface area contributed by atoms with Gasteiger partial charge in [-0.1, -0.05) is 11.6 Å². The number of rotatable bonds is 7. The summed E-state index contributed by atoms with van der Waals surface area (Å²) in [6.45, 7) is 5.13. The van der Waals surface area contributed by atoms with Crippen LogP contribution < -0.4 is 4.74 Å². The van der Waals surface area contributed by atoms with E-state index in [1.165, 1.54) is 6.20 Å². The van der Waals surface area contributed by atoms with E-state index in [0.717, 1.165) is 0 Å². The Morgan fingerprint density at radius 3 is 2.60 bits per heavy atom. The van der Waals surface area contributed by atoms with Gasteiger partial charge in [-0.3, -0.25) is 0 Å². The van der Waals surface area contributed by atoms with E-state index in [1.54, 1.807) is 12.1 Å². The van der Waals surface area contributed by atoms with Gasteiger partial charge in [-0.15, -0.1) is 0 Å². The highest BCUT2D eigenvalue weighted by molar-refractivity contribution is 6.29. The van der Waals surface area contributed by atoms with Crippen molar-refractivity contribution in [1.82, 2.24) is 15.0 Å². The first-order valence-corrected chi connectivity index (χ1v) is 6.76. The van der Waals surface area contributed by atoms with Gasteiger partial charge < -0.3 is 14.2 Å². The fraction of sp³-hybridized carbons (Fsp3) is 0.462. The molecule has 0 fully saturated rings. The number of hydrogen-bond donors (Lipinski definition) is 0. The summed E-state index contributed by atoms with van der Waals surface area (Å²) in [6.07, 6.45) is 1.11. The van der Waals surface area contributed by atoms with Gasteiger partial charge in [0.25, 0.3) is 0 Å². The van der Waals surface area contributed by atoms with Crippen molar-refractivity contribution in [3.05, 3.63) is 23.5 Å². The normalized spacial score (nSPS) is 11.2. The van der Waals surface area contributed by atoms with E-state index in [-0.39, 0.29) is 6.61 Å². The van der Waals surface area contributed by atoms with Crippen LogP contribution in [0.5, 0.6) is 5.88 Å². The molecule has 2 aromatic heterocycles. The standard InChI is InChI=1S/C13H16ClN3O3/c1-3-18-12(19-4-2)8-20-11-7-15-9-5-6-10(14)16-13(9)17-11/h5-7,12H,3-4,8H2,1-2H3. The molecule has 0 N–H and O–H groups in total. The molecule has 0 radical (unpaired) electrons. The summed E-state index contributed by atoms with van der Waals surface area (Å²) >= 11 is 5.82. The molecule has 0 aliphatic carbocycles. The van der Waals surface area contributed by atoms with Crippen LogP contribution >= 0.6 is 11.6 Å². The highest BCUT2D eigenvalue weighted by Gasteiger charge is 2.10. The Morgan fingerprint density at radius 2 is 1.90 bits per heavy atom. The molecule has 0 aliphatic rings. The molecule has 0 aliphatic heterocycles. The second kappa shape index (κ2) is 7.33. The third-order valence-corrected chi connectivity index (χ3v) is 2.63. The summed E-state index contributed by atoms with van der Waals surface area (Å²) in [7, 11) is 0. The maximum atomic E-state index is 5.82. The molecule has 0 amide bonds. The molecule has 0 saturated carbocycles. The molecule has 2 heterocycles. The highest BCUT2D eigenvalue weighted by atomic mass is 35.5. The van der Waals surface area contributed by atoms with Crippen molar-refractivity contribution in [2.45, 2.75) is 20.1 Å². The van der Waals surface area contributed by atoms with Crippen molar-refractivity contribution in [2.24, 2.45) is 0 Å². The molecule has 0 aromatic carbocycles. The quantitative estimate of drug-likeness (QED) is 0.578. The summed E-state index contributed by atoms with van der Waals surface area (Å²) < 4.78 is 16.3. The minimum atomic E-state index is -0.421. The Bertz CT molecular complexity index is 562. The molecule has 0 unspecified atom stereocenters. The SMILES string of the molecule is CCOC(COc1cnc2ccc(Cl)nc2n1)OCC.